The Balaban J connectivity index is 1.44. The highest BCUT2D eigenvalue weighted by Crippen LogP contribution is 2.30. The van der Waals surface area contributed by atoms with Crippen molar-refractivity contribution in [2.24, 2.45) is 0 Å². The van der Waals surface area contributed by atoms with Crippen LogP contribution in [0.5, 0.6) is 5.75 Å². The van der Waals surface area contributed by atoms with E-state index in [-0.39, 0.29) is 5.56 Å². The Kier molecular flexibility index (Phi) is 7.23. The maximum atomic E-state index is 12.9. The molecule has 2 amide bonds. The lowest BCUT2D eigenvalue weighted by Gasteiger charge is -2.11. The lowest BCUT2D eigenvalue weighted by atomic mass is 10.0. The standard InChI is InChI=1S/C26H20ClN3O5/c1-34-17-12-10-16(11-13-17)25(32)30-29-24(31)15-35-26(33)20-14-23(19-7-2-4-8-21(19)27)28-22-9-5-3-6-18(20)22/h2-14H,15H2,1H3,(H,29,31)(H,30,32). The van der Waals surface area contributed by atoms with Crippen molar-refractivity contribution in [2.45, 2.75) is 0 Å². The second kappa shape index (κ2) is 10.7. The monoisotopic (exact) mass is 489 g/mol. The highest BCUT2D eigenvalue weighted by atomic mass is 35.5. The topological polar surface area (TPSA) is 107 Å². The van der Waals surface area contributed by atoms with E-state index in [1.807, 2.05) is 6.07 Å². The van der Waals surface area contributed by atoms with E-state index in [4.69, 9.17) is 21.1 Å². The van der Waals surface area contributed by atoms with Gasteiger partial charge in [0.05, 0.1) is 23.9 Å². The van der Waals surface area contributed by atoms with E-state index in [0.29, 0.717) is 38.5 Å². The van der Waals surface area contributed by atoms with Crippen LogP contribution in [0.25, 0.3) is 22.2 Å². The molecular formula is C26H20ClN3O5. The number of pyridine rings is 1. The summed E-state index contributed by atoms with van der Waals surface area (Å²) in [6.07, 6.45) is 0. The number of carbonyl (C=O) groups excluding carboxylic acids is 3. The number of carbonyl (C=O) groups is 3. The molecule has 0 saturated carbocycles. The summed E-state index contributed by atoms with van der Waals surface area (Å²) in [5, 5.41) is 1.06. The van der Waals surface area contributed by atoms with E-state index in [0.717, 1.165) is 0 Å². The number of hydrogen-bond acceptors (Lipinski definition) is 6. The molecule has 2 N–H and O–H groups in total. The van der Waals surface area contributed by atoms with Gasteiger partial charge in [-0.25, -0.2) is 9.78 Å². The number of nitrogens with one attached hydrogen (secondary N) is 2. The van der Waals surface area contributed by atoms with E-state index in [1.165, 1.54) is 7.11 Å². The van der Waals surface area contributed by atoms with Crippen molar-refractivity contribution in [3.05, 3.63) is 95.0 Å². The summed E-state index contributed by atoms with van der Waals surface area (Å²) < 4.78 is 10.3. The Morgan fingerprint density at radius 2 is 1.63 bits per heavy atom. The number of rotatable bonds is 6. The summed E-state index contributed by atoms with van der Waals surface area (Å²) >= 11 is 6.31. The molecule has 0 aliphatic heterocycles. The molecular weight excluding hydrogens is 470 g/mol. The van der Waals surface area contributed by atoms with Crippen molar-refractivity contribution >= 4 is 40.3 Å². The maximum Gasteiger partial charge on any atom is 0.339 e. The van der Waals surface area contributed by atoms with Gasteiger partial charge < -0.3 is 9.47 Å². The van der Waals surface area contributed by atoms with Crippen molar-refractivity contribution in [3.8, 4) is 17.0 Å². The second-order valence-electron chi connectivity index (χ2n) is 7.36. The number of methoxy groups -OCH3 is 1. The van der Waals surface area contributed by atoms with Crippen LogP contribution in [0.4, 0.5) is 0 Å². The first kappa shape index (κ1) is 23.7. The fourth-order valence-corrected chi connectivity index (χ4v) is 3.57. The number of nitrogens with zero attached hydrogens (tertiary/aromatic N) is 1. The van der Waals surface area contributed by atoms with Gasteiger partial charge in [0.2, 0.25) is 0 Å². The highest BCUT2D eigenvalue weighted by Gasteiger charge is 2.18. The Bertz CT molecular complexity index is 1410. The molecule has 0 spiro atoms. The molecule has 3 aromatic carbocycles. The highest BCUT2D eigenvalue weighted by molar-refractivity contribution is 6.33. The summed E-state index contributed by atoms with van der Waals surface area (Å²) in [6.45, 7) is -0.597. The molecule has 0 aliphatic rings. The van der Waals surface area contributed by atoms with Crippen LogP contribution in [0, 0.1) is 0 Å². The maximum absolute atomic E-state index is 12.9. The van der Waals surface area contributed by atoms with Crippen molar-refractivity contribution in [3.63, 3.8) is 0 Å². The molecule has 0 aliphatic carbocycles. The second-order valence-corrected chi connectivity index (χ2v) is 7.77. The van der Waals surface area contributed by atoms with Gasteiger partial charge in [0, 0.05) is 21.5 Å². The minimum absolute atomic E-state index is 0.237. The number of hydrazine groups is 1. The fraction of sp³-hybridized carbons (Fsp3) is 0.0769. The molecule has 0 saturated heterocycles. The van der Waals surface area contributed by atoms with Gasteiger partial charge in [0.1, 0.15) is 5.75 Å². The number of amides is 2. The quantitative estimate of drug-likeness (QED) is 0.311. The van der Waals surface area contributed by atoms with Crippen LogP contribution in [0.15, 0.2) is 78.9 Å². The van der Waals surface area contributed by atoms with Crippen LogP contribution in [0.3, 0.4) is 0 Å². The number of aromatic nitrogens is 1. The van der Waals surface area contributed by atoms with Gasteiger partial charge in [0.15, 0.2) is 6.61 Å². The predicted octanol–water partition coefficient (Wildman–Crippen LogP) is 4.18. The van der Waals surface area contributed by atoms with E-state index >= 15 is 0 Å². The Labute approximate surface area is 205 Å². The molecule has 4 rings (SSSR count). The first-order valence-electron chi connectivity index (χ1n) is 10.5. The van der Waals surface area contributed by atoms with Crippen LogP contribution in [0.1, 0.15) is 20.7 Å². The summed E-state index contributed by atoms with van der Waals surface area (Å²) in [7, 11) is 1.52. The van der Waals surface area contributed by atoms with Gasteiger partial charge in [-0.3, -0.25) is 20.4 Å². The third kappa shape index (κ3) is 5.56. The SMILES string of the molecule is COc1ccc(C(=O)NNC(=O)COC(=O)c2cc(-c3ccccc3Cl)nc3ccccc23)cc1. The number of halogens is 1. The molecule has 8 nitrogen and oxygen atoms in total. The number of ether oxygens (including phenoxy) is 2. The zero-order chi connectivity index (χ0) is 24.8. The van der Waals surface area contributed by atoms with Gasteiger partial charge in [-0.2, -0.15) is 0 Å². The van der Waals surface area contributed by atoms with Crippen molar-refractivity contribution < 1.29 is 23.9 Å². The molecule has 176 valence electrons. The summed E-state index contributed by atoms with van der Waals surface area (Å²) in [5.74, 6) is -1.35. The molecule has 1 aromatic heterocycles. The first-order valence-corrected chi connectivity index (χ1v) is 10.9. The van der Waals surface area contributed by atoms with Gasteiger partial charge in [0.25, 0.3) is 11.8 Å². The zero-order valence-electron chi connectivity index (χ0n) is 18.6. The normalized spacial score (nSPS) is 10.5. The van der Waals surface area contributed by atoms with Gasteiger partial charge in [-0.1, -0.05) is 48.0 Å². The van der Waals surface area contributed by atoms with Crippen molar-refractivity contribution in [1.82, 2.24) is 15.8 Å². The number of hydrogen-bond donors (Lipinski definition) is 2. The average Bonchev–Trinajstić information content (AvgIpc) is 2.90. The van der Waals surface area contributed by atoms with Gasteiger partial charge in [-0.05, 0) is 42.5 Å². The van der Waals surface area contributed by atoms with E-state index in [2.05, 4.69) is 15.8 Å². The lowest BCUT2D eigenvalue weighted by Crippen LogP contribution is -2.43. The van der Waals surface area contributed by atoms with Gasteiger partial charge in [-0.15, -0.1) is 0 Å². The summed E-state index contributed by atoms with van der Waals surface area (Å²) in [4.78, 5) is 41.8. The van der Waals surface area contributed by atoms with Gasteiger partial charge >= 0.3 is 5.97 Å². The fourth-order valence-electron chi connectivity index (χ4n) is 3.34. The molecule has 0 fully saturated rings. The minimum atomic E-state index is -0.714. The number of esters is 1. The molecule has 0 bridgehead atoms. The molecule has 0 radical (unpaired) electrons. The van der Waals surface area contributed by atoms with Crippen LogP contribution < -0.4 is 15.6 Å². The minimum Gasteiger partial charge on any atom is -0.497 e. The Morgan fingerprint density at radius 1 is 0.914 bits per heavy atom. The van der Waals surface area contributed by atoms with E-state index < -0.39 is 24.4 Å². The molecule has 4 aromatic rings. The Hall–Kier alpha value is -4.43. The number of benzene rings is 3. The Morgan fingerprint density at radius 3 is 2.37 bits per heavy atom. The lowest BCUT2D eigenvalue weighted by molar-refractivity contribution is -0.125. The van der Waals surface area contributed by atoms with Crippen LogP contribution in [-0.4, -0.2) is 36.5 Å². The summed E-state index contributed by atoms with van der Waals surface area (Å²) in [5.41, 5.74) is 6.78. The molecule has 1 heterocycles. The van der Waals surface area contributed by atoms with Crippen molar-refractivity contribution in [1.29, 1.82) is 0 Å². The first-order chi connectivity index (χ1) is 17.0. The predicted molar refractivity (Wildman–Crippen MR) is 131 cm³/mol. The summed E-state index contributed by atoms with van der Waals surface area (Å²) in [6, 6.07) is 22.2. The number of para-hydroxylation sites is 1. The van der Waals surface area contributed by atoms with Crippen LogP contribution in [-0.2, 0) is 9.53 Å². The largest absolute Gasteiger partial charge is 0.497 e. The molecule has 35 heavy (non-hydrogen) atoms. The molecule has 9 heteroatoms. The number of fused-ring (bicyclic) bond motifs is 1. The average molecular weight is 490 g/mol. The third-order valence-electron chi connectivity index (χ3n) is 5.09. The molecule has 0 atom stereocenters. The van der Waals surface area contributed by atoms with Crippen molar-refractivity contribution in [2.75, 3.05) is 13.7 Å². The molecule has 0 unspecified atom stereocenters. The third-order valence-corrected chi connectivity index (χ3v) is 5.42. The van der Waals surface area contributed by atoms with Crippen LogP contribution >= 0.6 is 11.6 Å². The van der Waals surface area contributed by atoms with E-state index in [1.54, 1.807) is 72.8 Å². The van der Waals surface area contributed by atoms with E-state index in [9.17, 15) is 14.4 Å². The smallest absolute Gasteiger partial charge is 0.339 e. The zero-order valence-corrected chi connectivity index (χ0v) is 19.3. The van der Waals surface area contributed by atoms with Crippen LogP contribution in [0.2, 0.25) is 5.02 Å².